The third-order valence-electron chi connectivity index (χ3n) is 2.70. The number of hydrogen-bond donors (Lipinski definition) is 1. The first kappa shape index (κ1) is 15.4. The van der Waals surface area contributed by atoms with Crippen LogP contribution in [0.2, 0.25) is 0 Å². The molecule has 1 aromatic heterocycles. The number of benzene rings is 1. The van der Waals surface area contributed by atoms with Gasteiger partial charge < -0.3 is 14.5 Å². The van der Waals surface area contributed by atoms with Crippen LogP contribution in [-0.2, 0) is 11.3 Å². The summed E-state index contributed by atoms with van der Waals surface area (Å²) in [5, 5.41) is 2.75. The van der Waals surface area contributed by atoms with Crippen molar-refractivity contribution in [2.45, 2.75) is 13.5 Å². The number of rotatable bonds is 6. The fraction of sp³-hybridized carbons (Fsp3) is 0.188. The van der Waals surface area contributed by atoms with Crippen LogP contribution in [0.5, 0.6) is 5.75 Å². The summed E-state index contributed by atoms with van der Waals surface area (Å²) in [7, 11) is 0. The quantitative estimate of drug-likeness (QED) is 0.807. The Bertz CT molecular complexity index is 620. The molecule has 0 bridgehead atoms. The SMILES string of the molecule is CCOc1ccc(Br)cc1C=CC(=O)NCc1ccco1. The first-order valence-corrected chi connectivity index (χ1v) is 7.39. The molecule has 1 N–H and O–H groups in total. The van der Waals surface area contributed by atoms with E-state index in [2.05, 4.69) is 21.2 Å². The molecule has 5 heteroatoms. The molecule has 0 radical (unpaired) electrons. The lowest BCUT2D eigenvalue weighted by Gasteiger charge is -2.07. The molecule has 2 aromatic rings. The molecule has 4 nitrogen and oxygen atoms in total. The number of furan rings is 1. The minimum atomic E-state index is -0.186. The molecule has 1 amide bonds. The van der Waals surface area contributed by atoms with E-state index in [1.54, 1.807) is 18.4 Å². The number of carbonyl (C=O) groups excluding carboxylic acids is 1. The molecule has 1 aromatic carbocycles. The van der Waals surface area contributed by atoms with Gasteiger partial charge in [0.2, 0.25) is 5.91 Å². The van der Waals surface area contributed by atoms with Crippen molar-refractivity contribution in [1.29, 1.82) is 0 Å². The van der Waals surface area contributed by atoms with Gasteiger partial charge in [-0.25, -0.2) is 0 Å². The van der Waals surface area contributed by atoms with Crippen LogP contribution in [0.1, 0.15) is 18.2 Å². The van der Waals surface area contributed by atoms with E-state index in [1.807, 2.05) is 31.2 Å². The van der Waals surface area contributed by atoms with Gasteiger partial charge >= 0.3 is 0 Å². The smallest absolute Gasteiger partial charge is 0.244 e. The number of halogens is 1. The lowest BCUT2D eigenvalue weighted by atomic mass is 10.2. The Morgan fingerprint density at radius 2 is 2.29 bits per heavy atom. The van der Waals surface area contributed by atoms with Crippen LogP contribution >= 0.6 is 15.9 Å². The molecule has 0 unspecified atom stereocenters. The molecule has 0 saturated carbocycles. The van der Waals surface area contributed by atoms with E-state index in [1.165, 1.54) is 6.08 Å². The van der Waals surface area contributed by atoms with Gasteiger partial charge in [-0.2, -0.15) is 0 Å². The van der Waals surface area contributed by atoms with Gasteiger partial charge in [0.1, 0.15) is 11.5 Å². The van der Waals surface area contributed by atoms with Gasteiger partial charge in [-0.15, -0.1) is 0 Å². The van der Waals surface area contributed by atoms with Crippen molar-refractivity contribution in [2.24, 2.45) is 0 Å². The standard InChI is InChI=1S/C16H16BrNO3/c1-2-20-15-7-6-13(17)10-12(15)5-8-16(19)18-11-14-4-3-9-21-14/h3-10H,2,11H2,1H3,(H,18,19). The topological polar surface area (TPSA) is 51.5 Å². The Morgan fingerprint density at radius 1 is 1.43 bits per heavy atom. The third-order valence-corrected chi connectivity index (χ3v) is 3.20. The van der Waals surface area contributed by atoms with Gasteiger partial charge in [-0.3, -0.25) is 4.79 Å². The summed E-state index contributed by atoms with van der Waals surface area (Å²) >= 11 is 3.41. The van der Waals surface area contributed by atoms with Crippen LogP contribution in [0.25, 0.3) is 6.08 Å². The lowest BCUT2D eigenvalue weighted by Crippen LogP contribution is -2.19. The van der Waals surface area contributed by atoms with Gasteiger partial charge in [0.15, 0.2) is 0 Å². The van der Waals surface area contributed by atoms with Crippen molar-refractivity contribution in [2.75, 3.05) is 6.61 Å². The van der Waals surface area contributed by atoms with E-state index in [4.69, 9.17) is 9.15 Å². The van der Waals surface area contributed by atoms with Crippen molar-refractivity contribution in [3.05, 3.63) is 58.5 Å². The Hall–Kier alpha value is -2.01. The Kier molecular flexibility index (Phi) is 5.63. The fourth-order valence-electron chi connectivity index (χ4n) is 1.75. The van der Waals surface area contributed by atoms with E-state index in [0.717, 1.165) is 15.8 Å². The average molecular weight is 350 g/mol. The number of carbonyl (C=O) groups is 1. The summed E-state index contributed by atoms with van der Waals surface area (Å²) in [6, 6.07) is 9.27. The predicted octanol–water partition coefficient (Wildman–Crippen LogP) is 3.77. The van der Waals surface area contributed by atoms with Crippen LogP contribution in [0.4, 0.5) is 0 Å². The summed E-state index contributed by atoms with van der Waals surface area (Å²) in [6.07, 6.45) is 4.79. The molecule has 21 heavy (non-hydrogen) atoms. The zero-order chi connectivity index (χ0) is 15.1. The molecule has 0 saturated heterocycles. The number of nitrogens with one attached hydrogen (secondary N) is 1. The summed E-state index contributed by atoms with van der Waals surface area (Å²) in [6.45, 7) is 2.87. The van der Waals surface area contributed by atoms with Crippen LogP contribution in [0.15, 0.2) is 51.6 Å². The predicted molar refractivity (Wildman–Crippen MR) is 84.9 cm³/mol. The van der Waals surface area contributed by atoms with E-state index in [0.29, 0.717) is 18.9 Å². The normalized spacial score (nSPS) is 10.8. The first-order valence-electron chi connectivity index (χ1n) is 6.59. The molecule has 0 fully saturated rings. The molecular formula is C16H16BrNO3. The van der Waals surface area contributed by atoms with E-state index in [9.17, 15) is 4.79 Å². The molecule has 0 spiro atoms. The second-order valence-electron chi connectivity index (χ2n) is 4.25. The van der Waals surface area contributed by atoms with Crippen LogP contribution in [0, 0.1) is 0 Å². The van der Waals surface area contributed by atoms with Crippen molar-refractivity contribution < 1.29 is 13.9 Å². The van der Waals surface area contributed by atoms with Crippen molar-refractivity contribution in [3.63, 3.8) is 0 Å². The maximum atomic E-state index is 11.8. The van der Waals surface area contributed by atoms with E-state index >= 15 is 0 Å². The Balaban J connectivity index is 1.99. The molecule has 110 valence electrons. The maximum Gasteiger partial charge on any atom is 0.244 e. The van der Waals surface area contributed by atoms with Crippen molar-refractivity contribution in [1.82, 2.24) is 5.32 Å². The summed E-state index contributed by atoms with van der Waals surface area (Å²) in [5.41, 5.74) is 0.847. The summed E-state index contributed by atoms with van der Waals surface area (Å²) in [5.74, 6) is 1.28. The van der Waals surface area contributed by atoms with Crippen LogP contribution in [0.3, 0.4) is 0 Å². The zero-order valence-corrected chi connectivity index (χ0v) is 13.2. The molecule has 0 aliphatic rings. The Morgan fingerprint density at radius 3 is 3.00 bits per heavy atom. The highest BCUT2D eigenvalue weighted by Gasteiger charge is 2.03. The number of amides is 1. The Labute approximate surface area is 131 Å². The second-order valence-corrected chi connectivity index (χ2v) is 5.16. The molecule has 0 aliphatic carbocycles. The van der Waals surface area contributed by atoms with Gasteiger partial charge in [0.05, 0.1) is 19.4 Å². The largest absolute Gasteiger partial charge is 0.493 e. The van der Waals surface area contributed by atoms with Crippen molar-refractivity contribution in [3.8, 4) is 5.75 Å². The monoisotopic (exact) mass is 349 g/mol. The van der Waals surface area contributed by atoms with Gasteiger partial charge in [0.25, 0.3) is 0 Å². The fourth-order valence-corrected chi connectivity index (χ4v) is 2.13. The minimum Gasteiger partial charge on any atom is -0.493 e. The average Bonchev–Trinajstić information content (AvgIpc) is 2.99. The minimum absolute atomic E-state index is 0.186. The zero-order valence-electron chi connectivity index (χ0n) is 11.6. The highest BCUT2D eigenvalue weighted by Crippen LogP contribution is 2.24. The van der Waals surface area contributed by atoms with Crippen LogP contribution < -0.4 is 10.1 Å². The molecule has 2 rings (SSSR count). The summed E-state index contributed by atoms with van der Waals surface area (Å²) < 4.78 is 11.6. The summed E-state index contributed by atoms with van der Waals surface area (Å²) in [4.78, 5) is 11.8. The van der Waals surface area contributed by atoms with Gasteiger partial charge in [-0.1, -0.05) is 15.9 Å². The highest BCUT2D eigenvalue weighted by atomic mass is 79.9. The van der Waals surface area contributed by atoms with E-state index in [-0.39, 0.29) is 5.91 Å². The van der Waals surface area contributed by atoms with Gasteiger partial charge in [-0.05, 0) is 43.3 Å². The molecular weight excluding hydrogens is 334 g/mol. The van der Waals surface area contributed by atoms with E-state index < -0.39 is 0 Å². The number of hydrogen-bond acceptors (Lipinski definition) is 3. The van der Waals surface area contributed by atoms with Gasteiger partial charge in [0, 0.05) is 16.1 Å². The van der Waals surface area contributed by atoms with Crippen molar-refractivity contribution >= 4 is 27.9 Å². The molecule has 0 aliphatic heterocycles. The highest BCUT2D eigenvalue weighted by molar-refractivity contribution is 9.10. The maximum absolute atomic E-state index is 11.8. The van der Waals surface area contributed by atoms with Crippen LogP contribution in [-0.4, -0.2) is 12.5 Å². The number of ether oxygens (including phenoxy) is 1. The molecule has 1 heterocycles. The third kappa shape index (κ3) is 4.79. The molecule has 0 atom stereocenters. The first-order chi connectivity index (χ1) is 10.2. The second kappa shape index (κ2) is 7.69. The lowest BCUT2D eigenvalue weighted by molar-refractivity contribution is -0.116.